The van der Waals surface area contributed by atoms with E-state index in [4.69, 9.17) is 0 Å². The summed E-state index contributed by atoms with van der Waals surface area (Å²) < 4.78 is 7.68. The Morgan fingerprint density at radius 1 is 1.53 bits per heavy atom. The number of carbonyl (C=O) groups excluding carboxylic acids is 1. The van der Waals surface area contributed by atoms with Gasteiger partial charge in [0.05, 0.1) is 18.1 Å². The van der Waals surface area contributed by atoms with Gasteiger partial charge < -0.3 is 9.30 Å². The van der Waals surface area contributed by atoms with Gasteiger partial charge in [0.15, 0.2) is 0 Å². The van der Waals surface area contributed by atoms with Crippen molar-refractivity contribution in [3.63, 3.8) is 0 Å². The van der Waals surface area contributed by atoms with Crippen LogP contribution >= 0.6 is 15.9 Å². The summed E-state index contributed by atoms with van der Waals surface area (Å²) in [5, 5.41) is 0. The van der Waals surface area contributed by atoms with Gasteiger partial charge >= 0.3 is 5.97 Å². The molecule has 0 atom stereocenters. The molecule has 17 heavy (non-hydrogen) atoms. The molecule has 0 unspecified atom stereocenters. The molecule has 2 aromatic rings. The first kappa shape index (κ1) is 12.1. The van der Waals surface area contributed by atoms with Crippen molar-refractivity contribution in [2.45, 2.75) is 19.9 Å². The number of aromatic nitrogens is 2. The van der Waals surface area contributed by atoms with E-state index in [2.05, 4.69) is 25.7 Å². The predicted octanol–water partition coefficient (Wildman–Crippen LogP) is 2.53. The van der Waals surface area contributed by atoms with Gasteiger partial charge in [-0.3, -0.25) is 4.79 Å². The van der Waals surface area contributed by atoms with Gasteiger partial charge in [0.25, 0.3) is 0 Å². The lowest BCUT2D eigenvalue weighted by molar-refractivity contribution is -0.139. The van der Waals surface area contributed by atoms with E-state index in [-0.39, 0.29) is 12.4 Å². The maximum absolute atomic E-state index is 11.3. The minimum Gasteiger partial charge on any atom is -0.469 e. The molecule has 0 fully saturated rings. The van der Waals surface area contributed by atoms with Crippen LogP contribution in [0.4, 0.5) is 0 Å². The number of hydrogen-bond acceptors (Lipinski definition) is 3. The van der Waals surface area contributed by atoms with E-state index in [1.165, 1.54) is 7.11 Å². The molecule has 5 heteroatoms. The monoisotopic (exact) mass is 296 g/mol. The number of fused-ring (bicyclic) bond motifs is 1. The lowest BCUT2D eigenvalue weighted by Crippen LogP contribution is -2.10. The summed E-state index contributed by atoms with van der Waals surface area (Å²) >= 11 is 3.41. The van der Waals surface area contributed by atoms with Crippen molar-refractivity contribution >= 4 is 32.9 Å². The van der Waals surface area contributed by atoms with Crippen LogP contribution in [-0.2, 0) is 22.5 Å². The van der Waals surface area contributed by atoms with E-state index in [9.17, 15) is 4.79 Å². The van der Waals surface area contributed by atoms with Crippen molar-refractivity contribution in [2.75, 3.05) is 7.11 Å². The van der Waals surface area contributed by atoms with Crippen LogP contribution in [0, 0.1) is 0 Å². The molecule has 1 aromatic heterocycles. The normalized spacial score (nSPS) is 10.8. The fourth-order valence-electron chi connectivity index (χ4n) is 1.84. The smallest absolute Gasteiger partial charge is 0.313 e. The average molecular weight is 297 g/mol. The first-order valence-electron chi connectivity index (χ1n) is 5.37. The number of imidazole rings is 1. The molecule has 0 aliphatic heterocycles. The Kier molecular flexibility index (Phi) is 3.47. The molecule has 0 spiro atoms. The van der Waals surface area contributed by atoms with E-state index < -0.39 is 0 Å². The summed E-state index contributed by atoms with van der Waals surface area (Å²) in [6.07, 6.45) is 0.205. The first-order chi connectivity index (χ1) is 8.15. The highest BCUT2D eigenvalue weighted by atomic mass is 79.9. The summed E-state index contributed by atoms with van der Waals surface area (Å²) in [7, 11) is 1.39. The Hall–Kier alpha value is -1.36. The molecule has 0 aliphatic carbocycles. The highest BCUT2D eigenvalue weighted by molar-refractivity contribution is 9.10. The molecule has 2 rings (SSSR count). The van der Waals surface area contributed by atoms with E-state index in [0.717, 1.165) is 27.9 Å². The largest absolute Gasteiger partial charge is 0.469 e. The van der Waals surface area contributed by atoms with Crippen LogP contribution < -0.4 is 0 Å². The molecule has 90 valence electrons. The van der Waals surface area contributed by atoms with Crippen LogP contribution in [0.15, 0.2) is 22.7 Å². The average Bonchev–Trinajstić information content (AvgIpc) is 2.64. The van der Waals surface area contributed by atoms with Gasteiger partial charge in [0.1, 0.15) is 12.2 Å². The second-order valence-electron chi connectivity index (χ2n) is 3.66. The Labute approximate surface area is 108 Å². The molecule has 1 heterocycles. The minimum absolute atomic E-state index is 0.205. The lowest BCUT2D eigenvalue weighted by atomic mass is 10.3. The molecule has 0 bridgehead atoms. The van der Waals surface area contributed by atoms with Gasteiger partial charge in [-0.05, 0) is 25.1 Å². The van der Waals surface area contributed by atoms with Gasteiger partial charge in [-0.1, -0.05) is 15.9 Å². The molecule has 4 nitrogen and oxygen atoms in total. The fraction of sp³-hybridized carbons (Fsp3) is 0.333. The van der Waals surface area contributed by atoms with Crippen LogP contribution in [0.2, 0.25) is 0 Å². The van der Waals surface area contributed by atoms with Crippen LogP contribution in [0.5, 0.6) is 0 Å². The number of hydrogen-bond donors (Lipinski definition) is 0. The zero-order chi connectivity index (χ0) is 12.4. The summed E-state index contributed by atoms with van der Waals surface area (Å²) in [5.74, 6) is 0.474. The molecule has 1 aromatic carbocycles. The number of methoxy groups -OCH3 is 1. The molecule has 0 N–H and O–H groups in total. The zero-order valence-electron chi connectivity index (χ0n) is 9.74. The SMILES string of the molecule is CCn1c(CC(=O)OC)nc2cc(Br)ccc21. The second kappa shape index (κ2) is 4.87. The number of nitrogens with zero attached hydrogens (tertiary/aromatic N) is 2. The Morgan fingerprint density at radius 3 is 2.94 bits per heavy atom. The number of ether oxygens (including phenoxy) is 1. The first-order valence-corrected chi connectivity index (χ1v) is 6.16. The Bertz CT molecular complexity index is 563. The number of aryl methyl sites for hydroxylation is 1. The number of esters is 1. The predicted molar refractivity (Wildman–Crippen MR) is 68.8 cm³/mol. The van der Waals surface area contributed by atoms with E-state index >= 15 is 0 Å². The molecule has 0 saturated heterocycles. The van der Waals surface area contributed by atoms with Crippen LogP contribution in [0.1, 0.15) is 12.7 Å². The van der Waals surface area contributed by atoms with E-state index in [0.29, 0.717) is 0 Å². The van der Waals surface area contributed by atoms with Crippen molar-refractivity contribution in [3.8, 4) is 0 Å². The Balaban J connectivity index is 2.51. The Morgan fingerprint density at radius 2 is 2.29 bits per heavy atom. The van der Waals surface area contributed by atoms with Gasteiger partial charge in [-0.25, -0.2) is 4.98 Å². The van der Waals surface area contributed by atoms with E-state index in [1.807, 2.05) is 29.7 Å². The van der Waals surface area contributed by atoms with Crippen molar-refractivity contribution in [1.29, 1.82) is 0 Å². The summed E-state index contributed by atoms with van der Waals surface area (Å²) in [5.41, 5.74) is 1.93. The second-order valence-corrected chi connectivity index (χ2v) is 4.57. The molecule has 0 aliphatic rings. The number of carbonyl (C=O) groups is 1. The topological polar surface area (TPSA) is 44.1 Å². The highest BCUT2D eigenvalue weighted by Crippen LogP contribution is 2.21. The van der Waals surface area contributed by atoms with Gasteiger partial charge in [0.2, 0.25) is 0 Å². The minimum atomic E-state index is -0.269. The standard InChI is InChI=1S/C12H13BrN2O2/c1-3-15-10-5-4-8(13)6-9(10)14-11(15)7-12(16)17-2/h4-6H,3,7H2,1-2H3. The van der Waals surface area contributed by atoms with Crippen molar-refractivity contribution in [2.24, 2.45) is 0 Å². The van der Waals surface area contributed by atoms with Crippen molar-refractivity contribution in [1.82, 2.24) is 9.55 Å². The number of benzene rings is 1. The maximum Gasteiger partial charge on any atom is 0.313 e. The third-order valence-electron chi connectivity index (χ3n) is 2.64. The lowest BCUT2D eigenvalue weighted by Gasteiger charge is -2.04. The molecular weight excluding hydrogens is 284 g/mol. The molecular formula is C12H13BrN2O2. The van der Waals surface area contributed by atoms with E-state index in [1.54, 1.807) is 0 Å². The summed E-state index contributed by atoms with van der Waals surface area (Å²) in [4.78, 5) is 15.8. The van der Waals surface area contributed by atoms with Crippen molar-refractivity contribution < 1.29 is 9.53 Å². The van der Waals surface area contributed by atoms with Gasteiger partial charge in [-0.2, -0.15) is 0 Å². The van der Waals surface area contributed by atoms with Crippen LogP contribution in [-0.4, -0.2) is 22.6 Å². The third-order valence-corrected chi connectivity index (χ3v) is 3.13. The quantitative estimate of drug-likeness (QED) is 0.818. The fourth-order valence-corrected chi connectivity index (χ4v) is 2.19. The maximum atomic E-state index is 11.3. The zero-order valence-corrected chi connectivity index (χ0v) is 11.3. The number of rotatable bonds is 3. The van der Waals surface area contributed by atoms with Crippen LogP contribution in [0.3, 0.4) is 0 Å². The third kappa shape index (κ3) is 2.34. The number of halogens is 1. The molecule has 0 saturated carbocycles. The summed E-state index contributed by atoms with van der Waals surface area (Å²) in [6.45, 7) is 2.81. The molecule has 0 amide bonds. The molecule has 0 radical (unpaired) electrons. The summed E-state index contributed by atoms with van der Waals surface area (Å²) in [6, 6.07) is 5.91. The van der Waals surface area contributed by atoms with Gasteiger partial charge in [-0.15, -0.1) is 0 Å². The van der Waals surface area contributed by atoms with Crippen LogP contribution in [0.25, 0.3) is 11.0 Å². The van der Waals surface area contributed by atoms with Gasteiger partial charge in [0, 0.05) is 11.0 Å². The highest BCUT2D eigenvalue weighted by Gasteiger charge is 2.13. The van der Waals surface area contributed by atoms with Crippen molar-refractivity contribution in [3.05, 3.63) is 28.5 Å².